The molecule has 0 saturated carbocycles. The Hall–Kier alpha value is -4.20. The third-order valence-electron chi connectivity index (χ3n) is 7.48. The van der Waals surface area contributed by atoms with E-state index in [4.69, 9.17) is 9.47 Å². The molecule has 3 aromatic carbocycles. The zero-order chi connectivity index (χ0) is 32.0. The molecule has 13 heteroatoms. The first kappa shape index (κ1) is 32.7. The molecule has 0 fully saturated rings. The van der Waals surface area contributed by atoms with Crippen molar-refractivity contribution in [3.63, 3.8) is 0 Å². The van der Waals surface area contributed by atoms with Gasteiger partial charge < -0.3 is 30.1 Å². The van der Waals surface area contributed by atoms with Gasteiger partial charge in [-0.3, -0.25) is 4.79 Å². The van der Waals surface area contributed by atoms with E-state index in [2.05, 4.69) is 10.6 Å². The van der Waals surface area contributed by atoms with Crippen LogP contribution in [0, 0.1) is 11.7 Å². The van der Waals surface area contributed by atoms with Gasteiger partial charge in [0.25, 0.3) is 0 Å². The van der Waals surface area contributed by atoms with Crippen molar-refractivity contribution in [2.45, 2.75) is 37.3 Å². The van der Waals surface area contributed by atoms with Crippen molar-refractivity contribution in [3.8, 4) is 11.5 Å². The highest BCUT2D eigenvalue weighted by Crippen LogP contribution is 2.30. The Bertz CT molecular complexity index is 1570. The smallest absolute Gasteiger partial charge is 0.323 e. The van der Waals surface area contributed by atoms with Crippen LogP contribution in [-0.2, 0) is 21.2 Å². The molecule has 0 aromatic heterocycles. The van der Waals surface area contributed by atoms with Crippen LogP contribution in [0.3, 0.4) is 0 Å². The fourth-order valence-corrected chi connectivity index (χ4v) is 6.01. The molecule has 4 rings (SSSR count). The number of sulfonamides is 1. The number of fused-ring (bicyclic) bond motifs is 1. The number of anilines is 2. The SMILES string of the molecule is COc1ccc(S(=O)(=O)N(C)C[C@@H]2Oc3ccc(NC(=O)Nc4ccc(F)cc4)cc3CC(=O)N([C@@H](C)CO)C[C@@H]2C)cc1. The minimum Gasteiger partial charge on any atom is -0.497 e. The molecule has 0 aliphatic carbocycles. The van der Waals surface area contributed by atoms with E-state index >= 15 is 0 Å². The Kier molecular flexibility index (Phi) is 10.4. The maximum Gasteiger partial charge on any atom is 0.323 e. The number of nitrogens with one attached hydrogen (secondary N) is 2. The second-order valence-corrected chi connectivity index (χ2v) is 12.8. The van der Waals surface area contributed by atoms with Gasteiger partial charge in [0.05, 0.1) is 37.6 Å². The number of halogens is 1. The van der Waals surface area contributed by atoms with Gasteiger partial charge in [-0.05, 0) is 73.7 Å². The molecule has 0 unspecified atom stereocenters. The van der Waals surface area contributed by atoms with Crippen molar-refractivity contribution in [1.29, 1.82) is 0 Å². The summed E-state index contributed by atoms with van der Waals surface area (Å²) in [4.78, 5) is 27.7. The van der Waals surface area contributed by atoms with Crippen LogP contribution in [0.5, 0.6) is 11.5 Å². The number of aliphatic hydroxyl groups excluding tert-OH is 1. The summed E-state index contributed by atoms with van der Waals surface area (Å²) in [5, 5.41) is 15.2. The van der Waals surface area contributed by atoms with E-state index in [9.17, 15) is 27.5 Å². The predicted octanol–water partition coefficient (Wildman–Crippen LogP) is 3.95. The number of rotatable bonds is 9. The molecule has 3 N–H and O–H groups in total. The van der Waals surface area contributed by atoms with Crippen molar-refractivity contribution >= 4 is 33.3 Å². The summed E-state index contributed by atoms with van der Waals surface area (Å²) in [6.45, 7) is 3.54. The lowest BCUT2D eigenvalue weighted by Gasteiger charge is -2.33. The van der Waals surface area contributed by atoms with E-state index in [1.54, 1.807) is 42.2 Å². The van der Waals surface area contributed by atoms with Crippen LogP contribution in [0.15, 0.2) is 71.6 Å². The van der Waals surface area contributed by atoms with Crippen LogP contribution in [0.4, 0.5) is 20.6 Å². The molecule has 1 heterocycles. The number of amides is 3. The molecule has 44 heavy (non-hydrogen) atoms. The number of aliphatic hydroxyl groups is 1. The summed E-state index contributed by atoms with van der Waals surface area (Å²) < 4.78 is 52.8. The number of hydrogen-bond donors (Lipinski definition) is 3. The number of hydrogen-bond acceptors (Lipinski definition) is 7. The maximum atomic E-state index is 13.5. The molecule has 3 amide bonds. The van der Waals surface area contributed by atoms with Gasteiger partial charge in [0.1, 0.15) is 23.4 Å². The largest absolute Gasteiger partial charge is 0.497 e. The van der Waals surface area contributed by atoms with Crippen LogP contribution >= 0.6 is 0 Å². The lowest BCUT2D eigenvalue weighted by molar-refractivity contribution is -0.134. The van der Waals surface area contributed by atoms with Crippen LogP contribution < -0.4 is 20.1 Å². The van der Waals surface area contributed by atoms with E-state index < -0.39 is 34.0 Å². The Morgan fingerprint density at radius 1 is 1.11 bits per heavy atom. The number of benzene rings is 3. The Labute approximate surface area is 256 Å². The summed E-state index contributed by atoms with van der Waals surface area (Å²) >= 11 is 0. The molecule has 3 atom stereocenters. The van der Waals surface area contributed by atoms with E-state index in [-0.39, 0.29) is 42.8 Å². The lowest BCUT2D eigenvalue weighted by Crippen LogP contribution is -2.48. The molecular weight excluding hydrogens is 591 g/mol. The summed E-state index contributed by atoms with van der Waals surface area (Å²) in [5.41, 5.74) is 1.25. The summed E-state index contributed by atoms with van der Waals surface area (Å²) in [6, 6.07) is 15.2. The van der Waals surface area contributed by atoms with Crippen molar-refractivity contribution in [1.82, 2.24) is 9.21 Å². The number of likely N-dealkylation sites (N-methyl/N-ethyl adjacent to an activating group) is 1. The second-order valence-electron chi connectivity index (χ2n) is 10.8. The summed E-state index contributed by atoms with van der Waals surface area (Å²) in [6.07, 6.45) is -0.750. The van der Waals surface area contributed by atoms with Gasteiger partial charge >= 0.3 is 6.03 Å². The molecular formula is C31H37FN4O7S. The first-order valence-corrected chi connectivity index (χ1v) is 15.5. The van der Waals surface area contributed by atoms with Gasteiger partial charge in [-0.1, -0.05) is 6.92 Å². The Morgan fingerprint density at radius 2 is 1.75 bits per heavy atom. The Morgan fingerprint density at radius 3 is 2.39 bits per heavy atom. The zero-order valence-corrected chi connectivity index (χ0v) is 25.8. The van der Waals surface area contributed by atoms with Gasteiger partial charge in [0.15, 0.2) is 0 Å². The standard InChI is InChI=1S/C31H37FN4O7S/c1-20-17-36(21(2)19-37)30(38)16-22-15-25(34-31(39)33-24-7-5-23(32)6-8-24)9-14-28(22)43-29(20)18-35(3)44(40,41)27-12-10-26(42-4)11-13-27/h5-15,20-21,29,37H,16-19H2,1-4H3,(H2,33,34,39)/t20-,21-,29-/m0/s1. The number of nitrogens with zero attached hydrogens (tertiary/aromatic N) is 2. The number of methoxy groups -OCH3 is 1. The third-order valence-corrected chi connectivity index (χ3v) is 9.32. The fraction of sp³-hybridized carbons (Fsp3) is 0.355. The molecule has 11 nitrogen and oxygen atoms in total. The molecule has 0 bridgehead atoms. The van der Waals surface area contributed by atoms with E-state index in [0.717, 1.165) is 0 Å². The highest BCUT2D eigenvalue weighted by Gasteiger charge is 2.33. The fourth-order valence-electron chi connectivity index (χ4n) is 4.83. The number of carbonyl (C=O) groups is 2. The van der Waals surface area contributed by atoms with Gasteiger partial charge in [-0.2, -0.15) is 4.31 Å². The maximum absolute atomic E-state index is 13.5. The third kappa shape index (κ3) is 7.84. The minimum absolute atomic E-state index is 0.0232. The van der Waals surface area contributed by atoms with Gasteiger partial charge in [0.2, 0.25) is 15.9 Å². The first-order valence-electron chi connectivity index (χ1n) is 14.0. The van der Waals surface area contributed by atoms with Crippen LogP contribution in [0.1, 0.15) is 19.4 Å². The van der Waals surface area contributed by atoms with Gasteiger partial charge in [0, 0.05) is 36.4 Å². The molecule has 0 radical (unpaired) electrons. The van der Waals surface area contributed by atoms with Crippen LogP contribution in [-0.4, -0.2) is 80.7 Å². The molecule has 1 aliphatic rings. The predicted molar refractivity (Wildman–Crippen MR) is 164 cm³/mol. The highest BCUT2D eigenvalue weighted by atomic mass is 32.2. The summed E-state index contributed by atoms with van der Waals surface area (Å²) in [7, 11) is -0.922. The molecule has 3 aromatic rings. The molecule has 1 aliphatic heterocycles. The molecule has 236 valence electrons. The van der Waals surface area contributed by atoms with Crippen molar-refractivity contribution in [2.24, 2.45) is 5.92 Å². The van der Waals surface area contributed by atoms with Crippen molar-refractivity contribution in [2.75, 3.05) is 44.5 Å². The molecule has 0 spiro atoms. The second kappa shape index (κ2) is 14.1. The average molecular weight is 629 g/mol. The number of ether oxygens (including phenoxy) is 2. The Balaban J connectivity index is 1.60. The van der Waals surface area contributed by atoms with Gasteiger partial charge in [-0.15, -0.1) is 0 Å². The van der Waals surface area contributed by atoms with Crippen LogP contribution in [0.25, 0.3) is 0 Å². The number of urea groups is 1. The van der Waals surface area contributed by atoms with E-state index in [1.165, 1.54) is 54.9 Å². The topological polar surface area (TPSA) is 138 Å². The minimum atomic E-state index is -3.89. The number of carbonyl (C=O) groups excluding carboxylic acids is 2. The molecule has 0 saturated heterocycles. The van der Waals surface area contributed by atoms with E-state index in [0.29, 0.717) is 28.4 Å². The van der Waals surface area contributed by atoms with E-state index in [1.807, 2.05) is 6.92 Å². The average Bonchev–Trinajstić information content (AvgIpc) is 3.05. The van der Waals surface area contributed by atoms with Crippen LogP contribution in [0.2, 0.25) is 0 Å². The summed E-state index contributed by atoms with van der Waals surface area (Å²) in [5.74, 6) is -0.114. The van der Waals surface area contributed by atoms with Crippen molar-refractivity contribution in [3.05, 3.63) is 78.1 Å². The highest BCUT2D eigenvalue weighted by molar-refractivity contribution is 7.89. The van der Waals surface area contributed by atoms with Gasteiger partial charge in [-0.25, -0.2) is 17.6 Å². The first-order chi connectivity index (χ1) is 20.9. The van der Waals surface area contributed by atoms with Crippen molar-refractivity contribution < 1.29 is 37.0 Å². The zero-order valence-electron chi connectivity index (χ0n) is 25.0. The normalized spacial score (nSPS) is 17.9. The lowest BCUT2D eigenvalue weighted by atomic mass is 10.0. The monoisotopic (exact) mass is 628 g/mol. The quantitative estimate of drug-likeness (QED) is 0.326.